The summed E-state index contributed by atoms with van der Waals surface area (Å²) in [5.41, 5.74) is 0.840. The summed E-state index contributed by atoms with van der Waals surface area (Å²) in [7, 11) is 0. The first-order valence-electron chi connectivity index (χ1n) is 8.00. The fourth-order valence-electron chi connectivity index (χ4n) is 2.87. The van der Waals surface area contributed by atoms with E-state index in [0.717, 1.165) is 18.4 Å². The standard InChI is InChI=1S/C17H22N2O3/c1-12-11-21-16(18-12)13-6-5-9-15(10-13)22-17(20)19-14-7-3-2-4-8-14/h5-6,9-10,12,14H,2-4,7-8,11H2,1H3,(H,19,20)/t12-/m1/s1. The van der Waals surface area contributed by atoms with Crippen molar-refractivity contribution in [1.29, 1.82) is 0 Å². The van der Waals surface area contributed by atoms with Crippen LogP contribution in [0.2, 0.25) is 0 Å². The molecule has 2 aliphatic rings. The van der Waals surface area contributed by atoms with Crippen LogP contribution in [0.1, 0.15) is 44.6 Å². The topological polar surface area (TPSA) is 59.9 Å². The van der Waals surface area contributed by atoms with Crippen molar-refractivity contribution in [3.63, 3.8) is 0 Å². The highest BCUT2D eigenvalue weighted by Crippen LogP contribution is 2.20. The van der Waals surface area contributed by atoms with Crippen LogP contribution in [0.3, 0.4) is 0 Å². The zero-order valence-electron chi connectivity index (χ0n) is 12.9. The number of amides is 1. The van der Waals surface area contributed by atoms with Crippen molar-refractivity contribution in [3.8, 4) is 5.75 Å². The largest absolute Gasteiger partial charge is 0.475 e. The number of nitrogens with zero attached hydrogens (tertiary/aromatic N) is 1. The molecular weight excluding hydrogens is 280 g/mol. The molecule has 1 aromatic rings. The van der Waals surface area contributed by atoms with Crippen LogP contribution >= 0.6 is 0 Å². The maximum Gasteiger partial charge on any atom is 0.412 e. The molecule has 0 saturated heterocycles. The van der Waals surface area contributed by atoms with Gasteiger partial charge in [0.2, 0.25) is 5.90 Å². The number of rotatable bonds is 3. The molecule has 5 nitrogen and oxygen atoms in total. The fraction of sp³-hybridized carbons (Fsp3) is 0.529. The number of carbonyl (C=O) groups excluding carboxylic acids is 1. The second-order valence-corrected chi connectivity index (χ2v) is 5.99. The van der Waals surface area contributed by atoms with E-state index in [-0.39, 0.29) is 18.2 Å². The summed E-state index contributed by atoms with van der Waals surface area (Å²) < 4.78 is 10.9. The minimum absolute atomic E-state index is 0.175. The van der Waals surface area contributed by atoms with Crippen molar-refractivity contribution in [3.05, 3.63) is 29.8 Å². The Balaban J connectivity index is 1.60. The Hall–Kier alpha value is -2.04. The van der Waals surface area contributed by atoms with E-state index in [1.54, 1.807) is 12.1 Å². The van der Waals surface area contributed by atoms with Gasteiger partial charge >= 0.3 is 6.09 Å². The highest BCUT2D eigenvalue weighted by atomic mass is 16.6. The van der Waals surface area contributed by atoms with E-state index in [1.165, 1.54) is 19.3 Å². The number of hydrogen-bond donors (Lipinski definition) is 1. The SMILES string of the molecule is C[C@@H]1COC(c2cccc(OC(=O)NC3CCCCC3)c2)=N1. The van der Waals surface area contributed by atoms with Crippen molar-refractivity contribution >= 4 is 12.0 Å². The Morgan fingerprint density at radius 2 is 2.14 bits per heavy atom. The third-order valence-electron chi connectivity index (χ3n) is 4.02. The molecule has 0 bridgehead atoms. The lowest BCUT2D eigenvalue weighted by molar-refractivity contribution is 0.192. The van der Waals surface area contributed by atoms with E-state index in [1.807, 2.05) is 19.1 Å². The van der Waals surface area contributed by atoms with Gasteiger partial charge in [0.25, 0.3) is 0 Å². The van der Waals surface area contributed by atoms with Crippen molar-refractivity contribution < 1.29 is 14.3 Å². The zero-order chi connectivity index (χ0) is 15.4. The van der Waals surface area contributed by atoms with Crippen LogP contribution in [0.25, 0.3) is 0 Å². The van der Waals surface area contributed by atoms with Crippen LogP contribution < -0.4 is 10.1 Å². The third kappa shape index (κ3) is 3.78. The van der Waals surface area contributed by atoms with E-state index in [4.69, 9.17) is 9.47 Å². The Bertz CT molecular complexity index is 565. The molecule has 0 radical (unpaired) electrons. The molecule has 0 aromatic heterocycles. The van der Waals surface area contributed by atoms with Gasteiger partial charge in [-0.3, -0.25) is 0 Å². The predicted molar refractivity (Wildman–Crippen MR) is 84.4 cm³/mol. The molecule has 0 unspecified atom stereocenters. The first kappa shape index (κ1) is 14.9. The summed E-state index contributed by atoms with van der Waals surface area (Å²) in [5, 5.41) is 2.94. The van der Waals surface area contributed by atoms with E-state index >= 15 is 0 Å². The van der Waals surface area contributed by atoms with E-state index in [2.05, 4.69) is 10.3 Å². The predicted octanol–water partition coefficient (Wildman–Crippen LogP) is 3.27. The van der Waals surface area contributed by atoms with Gasteiger partial charge in [0.15, 0.2) is 0 Å². The molecule has 1 aliphatic carbocycles. The van der Waals surface area contributed by atoms with Gasteiger partial charge in [0.1, 0.15) is 12.4 Å². The number of hydrogen-bond acceptors (Lipinski definition) is 4. The summed E-state index contributed by atoms with van der Waals surface area (Å²) >= 11 is 0. The molecule has 1 atom stereocenters. The molecule has 1 aliphatic heterocycles. The van der Waals surface area contributed by atoms with Crippen LogP contribution in [0.15, 0.2) is 29.3 Å². The maximum absolute atomic E-state index is 12.0. The average molecular weight is 302 g/mol. The highest BCUT2D eigenvalue weighted by molar-refractivity contribution is 5.95. The summed E-state index contributed by atoms with van der Waals surface area (Å²) in [6.45, 7) is 2.60. The Morgan fingerprint density at radius 3 is 2.86 bits per heavy atom. The third-order valence-corrected chi connectivity index (χ3v) is 4.02. The van der Waals surface area contributed by atoms with Crippen molar-refractivity contribution in [2.75, 3.05) is 6.61 Å². The maximum atomic E-state index is 12.0. The zero-order valence-corrected chi connectivity index (χ0v) is 12.9. The lowest BCUT2D eigenvalue weighted by atomic mass is 9.96. The van der Waals surface area contributed by atoms with Crippen molar-refractivity contribution in [2.24, 2.45) is 4.99 Å². The van der Waals surface area contributed by atoms with Crippen LogP contribution in [0, 0.1) is 0 Å². The molecule has 5 heteroatoms. The molecular formula is C17H22N2O3. The number of nitrogens with one attached hydrogen (secondary N) is 1. The van der Waals surface area contributed by atoms with Crippen LogP contribution in [-0.2, 0) is 4.74 Å². The second kappa shape index (κ2) is 6.81. The average Bonchev–Trinajstić information content (AvgIpc) is 2.95. The summed E-state index contributed by atoms with van der Waals surface area (Å²) in [6.07, 6.45) is 5.31. The summed E-state index contributed by atoms with van der Waals surface area (Å²) in [4.78, 5) is 16.4. The molecule has 1 amide bonds. The fourth-order valence-corrected chi connectivity index (χ4v) is 2.87. The second-order valence-electron chi connectivity index (χ2n) is 5.99. The van der Waals surface area contributed by atoms with Crippen LogP contribution in [-0.4, -0.2) is 30.7 Å². The monoisotopic (exact) mass is 302 g/mol. The molecule has 22 heavy (non-hydrogen) atoms. The van der Waals surface area contributed by atoms with E-state index in [0.29, 0.717) is 18.3 Å². The molecule has 118 valence electrons. The minimum Gasteiger partial charge on any atom is -0.475 e. The first-order valence-corrected chi connectivity index (χ1v) is 8.00. The molecule has 1 N–H and O–H groups in total. The molecule has 1 fully saturated rings. The molecule has 1 aromatic carbocycles. The quantitative estimate of drug-likeness (QED) is 0.932. The molecule has 0 spiro atoms. The number of ether oxygens (including phenoxy) is 2. The first-order chi connectivity index (χ1) is 10.7. The Labute approximate surface area is 130 Å². The lowest BCUT2D eigenvalue weighted by Crippen LogP contribution is -2.38. The van der Waals surface area contributed by atoms with Gasteiger partial charge in [0.05, 0.1) is 6.04 Å². The van der Waals surface area contributed by atoms with Crippen molar-refractivity contribution in [2.45, 2.75) is 51.1 Å². The van der Waals surface area contributed by atoms with Crippen LogP contribution in [0.5, 0.6) is 5.75 Å². The summed E-state index contributed by atoms with van der Waals surface area (Å²) in [5.74, 6) is 1.13. The lowest BCUT2D eigenvalue weighted by Gasteiger charge is -2.22. The van der Waals surface area contributed by atoms with Gasteiger partial charge in [-0.25, -0.2) is 9.79 Å². The summed E-state index contributed by atoms with van der Waals surface area (Å²) in [6, 6.07) is 7.72. The van der Waals surface area contributed by atoms with E-state index in [9.17, 15) is 4.79 Å². The number of carbonyl (C=O) groups is 1. The van der Waals surface area contributed by atoms with Crippen LogP contribution in [0.4, 0.5) is 4.79 Å². The smallest absolute Gasteiger partial charge is 0.412 e. The number of aliphatic imine (C=N–C) groups is 1. The van der Waals surface area contributed by atoms with E-state index < -0.39 is 0 Å². The Morgan fingerprint density at radius 1 is 1.32 bits per heavy atom. The highest BCUT2D eigenvalue weighted by Gasteiger charge is 2.18. The van der Waals surface area contributed by atoms with Gasteiger partial charge < -0.3 is 14.8 Å². The van der Waals surface area contributed by atoms with Gasteiger partial charge in [-0.05, 0) is 38.0 Å². The number of benzene rings is 1. The van der Waals surface area contributed by atoms with Gasteiger partial charge in [0, 0.05) is 11.6 Å². The molecule has 1 saturated carbocycles. The van der Waals surface area contributed by atoms with Gasteiger partial charge in [-0.1, -0.05) is 25.3 Å². The minimum atomic E-state index is -0.383. The molecule has 1 heterocycles. The molecule has 3 rings (SSSR count). The van der Waals surface area contributed by atoms with Gasteiger partial charge in [-0.15, -0.1) is 0 Å². The Kier molecular flexibility index (Phi) is 4.61. The normalized spacial score (nSPS) is 21.9. The van der Waals surface area contributed by atoms with Gasteiger partial charge in [-0.2, -0.15) is 0 Å². The van der Waals surface area contributed by atoms with Crippen molar-refractivity contribution in [1.82, 2.24) is 5.32 Å².